The van der Waals surface area contributed by atoms with Gasteiger partial charge in [-0.2, -0.15) is 7.82 Å². The second-order valence-electron chi connectivity index (χ2n) is 0.447. The molecular formula is H3AgNO4P-3. The average molecular weight is 220 g/mol. The topological polar surface area (TPSA) is 121 Å². The summed E-state index contributed by atoms with van der Waals surface area (Å²) in [5, 5.41) is 0. The van der Waals surface area contributed by atoms with Crippen LogP contribution in [0.25, 0.3) is 0 Å². The maximum atomic E-state index is 8.55. The van der Waals surface area contributed by atoms with Crippen LogP contribution in [0.5, 0.6) is 0 Å². The third-order valence-electron chi connectivity index (χ3n) is 0. The van der Waals surface area contributed by atoms with E-state index in [0.717, 1.165) is 0 Å². The summed E-state index contributed by atoms with van der Waals surface area (Å²) in [6.07, 6.45) is 0. The Bertz CT molecular complexity index is 57.8. The van der Waals surface area contributed by atoms with Gasteiger partial charge in [-0.3, -0.25) is 0 Å². The van der Waals surface area contributed by atoms with Gasteiger partial charge in [0.25, 0.3) is 0 Å². The van der Waals surface area contributed by atoms with Gasteiger partial charge in [0.05, 0.1) is 0 Å². The van der Waals surface area contributed by atoms with Crippen molar-refractivity contribution in [1.29, 1.82) is 0 Å². The van der Waals surface area contributed by atoms with E-state index < -0.39 is 7.82 Å². The summed E-state index contributed by atoms with van der Waals surface area (Å²) < 4.78 is 8.55. The van der Waals surface area contributed by atoms with Crippen LogP contribution in [0.4, 0.5) is 0 Å². The summed E-state index contributed by atoms with van der Waals surface area (Å²) in [4.78, 5) is 25.6. The Morgan fingerprint density at radius 1 is 1.14 bits per heavy atom. The van der Waals surface area contributed by atoms with Crippen LogP contribution in [0, 0.1) is 0 Å². The molecule has 0 aromatic carbocycles. The third kappa shape index (κ3) is 240. The molecule has 0 saturated heterocycles. The zero-order valence-corrected chi connectivity index (χ0v) is 5.47. The van der Waals surface area contributed by atoms with Gasteiger partial charge in [0.15, 0.2) is 0 Å². The van der Waals surface area contributed by atoms with Crippen LogP contribution in [-0.4, -0.2) is 0 Å². The van der Waals surface area contributed by atoms with Crippen molar-refractivity contribution in [3.63, 3.8) is 0 Å². The van der Waals surface area contributed by atoms with Crippen LogP contribution in [0.15, 0.2) is 0 Å². The molecule has 5 nitrogen and oxygen atoms in total. The quantitative estimate of drug-likeness (QED) is 0.352. The third-order valence-corrected chi connectivity index (χ3v) is 0. The standard InChI is InChI=1S/Ag.H3N.H3O4P/c;;1-5(2,3)4/h;1H3;(H3,1,2,3,4)/p-3. The molecule has 0 atom stereocenters. The van der Waals surface area contributed by atoms with E-state index >= 15 is 0 Å². The van der Waals surface area contributed by atoms with Crippen molar-refractivity contribution >= 4 is 7.82 Å². The summed E-state index contributed by atoms with van der Waals surface area (Å²) in [6, 6.07) is 0. The smallest absolute Gasteiger partial charge is 0 e. The molecule has 0 aliphatic heterocycles. The Morgan fingerprint density at radius 2 is 1.14 bits per heavy atom. The van der Waals surface area contributed by atoms with Crippen molar-refractivity contribution < 1.29 is 41.6 Å². The molecule has 0 saturated carbocycles. The fourth-order valence-corrected chi connectivity index (χ4v) is 0. The van der Waals surface area contributed by atoms with E-state index in [0.29, 0.717) is 0 Å². The van der Waals surface area contributed by atoms with E-state index in [2.05, 4.69) is 0 Å². The fraction of sp³-hybridized carbons (Fsp3) is 0. The molecule has 0 aliphatic carbocycles. The van der Waals surface area contributed by atoms with Crippen LogP contribution in [0.3, 0.4) is 0 Å². The molecule has 0 fully saturated rings. The van der Waals surface area contributed by atoms with Crippen molar-refractivity contribution in [2.45, 2.75) is 0 Å². The minimum absolute atomic E-state index is 0. The molecule has 0 aliphatic rings. The number of hydrogen-bond acceptors (Lipinski definition) is 5. The molecule has 0 rings (SSSR count). The summed E-state index contributed by atoms with van der Waals surface area (Å²) in [5.74, 6) is 0. The predicted molar refractivity (Wildman–Crippen MR) is 12.6 cm³/mol. The molecular weight excluding hydrogens is 217 g/mol. The Kier molecular flexibility index (Phi) is 11.1. The Labute approximate surface area is 56.1 Å². The maximum absolute atomic E-state index is 8.55. The zero-order chi connectivity index (χ0) is 4.50. The Hall–Kier alpha value is 0.810. The molecule has 0 bridgehead atoms. The van der Waals surface area contributed by atoms with Crippen LogP contribution in [0.1, 0.15) is 0 Å². The summed E-state index contributed by atoms with van der Waals surface area (Å²) >= 11 is 0. The first-order valence-electron chi connectivity index (χ1n) is 0.730. The van der Waals surface area contributed by atoms with Gasteiger partial charge in [-0.25, -0.2) is 0 Å². The number of hydrogen-bond donors (Lipinski definition) is 1. The summed E-state index contributed by atoms with van der Waals surface area (Å²) in [5.41, 5.74) is 0. The van der Waals surface area contributed by atoms with Crippen LogP contribution < -0.4 is 20.8 Å². The van der Waals surface area contributed by atoms with E-state index in [1.54, 1.807) is 0 Å². The van der Waals surface area contributed by atoms with Gasteiger partial charge in [-0.05, 0) is 0 Å². The van der Waals surface area contributed by atoms with Crippen LogP contribution in [-0.2, 0) is 26.9 Å². The number of phosphoric acid groups is 1. The normalized spacial score (nSPS) is 8.43. The molecule has 0 aromatic heterocycles. The first-order chi connectivity index (χ1) is 2.00. The fourth-order valence-electron chi connectivity index (χ4n) is 0. The molecule has 1 radical (unpaired) electrons. The van der Waals surface area contributed by atoms with Gasteiger partial charge >= 0.3 is 0 Å². The van der Waals surface area contributed by atoms with Gasteiger partial charge in [-0.1, -0.05) is 0 Å². The minimum atomic E-state index is -5.39. The van der Waals surface area contributed by atoms with Crippen molar-refractivity contribution in [3.8, 4) is 0 Å². The van der Waals surface area contributed by atoms with E-state index in [-0.39, 0.29) is 28.5 Å². The number of rotatable bonds is 0. The molecule has 3 N–H and O–H groups in total. The summed E-state index contributed by atoms with van der Waals surface area (Å²) in [6.45, 7) is 0. The molecule has 0 unspecified atom stereocenters. The van der Waals surface area contributed by atoms with E-state index in [1.807, 2.05) is 0 Å². The van der Waals surface area contributed by atoms with E-state index in [9.17, 15) is 0 Å². The SMILES string of the molecule is N.O=P([O-])([O-])[O-].[Ag]. The predicted octanol–water partition coefficient (Wildman–Crippen LogP) is -2.67. The van der Waals surface area contributed by atoms with E-state index in [4.69, 9.17) is 19.2 Å². The Morgan fingerprint density at radius 3 is 1.14 bits per heavy atom. The second-order valence-corrected chi connectivity index (χ2v) is 1.34. The maximum Gasteiger partial charge on any atom is 0 e. The van der Waals surface area contributed by atoms with E-state index in [1.165, 1.54) is 0 Å². The van der Waals surface area contributed by atoms with Crippen molar-refractivity contribution in [2.75, 3.05) is 0 Å². The van der Waals surface area contributed by atoms with Crippen molar-refractivity contribution in [1.82, 2.24) is 6.15 Å². The molecule has 51 valence electrons. The average Bonchev–Trinajstić information content (AvgIpc) is 0.722. The molecule has 0 amide bonds. The molecule has 7 heteroatoms. The minimum Gasteiger partial charge on any atom is -0.822 e. The van der Waals surface area contributed by atoms with Gasteiger partial charge in [0.1, 0.15) is 0 Å². The molecule has 0 aromatic rings. The first kappa shape index (κ1) is 15.7. The van der Waals surface area contributed by atoms with Gasteiger partial charge in [0.2, 0.25) is 0 Å². The first-order valence-corrected chi connectivity index (χ1v) is 2.19. The second kappa shape index (κ2) is 4.96. The van der Waals surface area contributed by atoms with Crippen molar-refractivity contribution in [2.24, 2.45) is 0 Å². The van der Waals surface area contributed by atoms with Crippen molar-refractivity contribution in [3.05, 3.63) is 0 Å². The summed E-state index contributed by atoms with van der Waals surface area (Å²) in [7, 11) is -5.39. The van der Waals surface area contributed by atoms with Gasteiger partial charge in [0, 0.05) is 22.4 Å². The largest absolute Gasteiger partial charge is 0.822 e. The van der Waals surface area contributed by atoms with Crippen LogP contribution in [0.2, 0.25) is 0 Å². The zero-order valence-electron chi connectivity index (χ0n) is 3.09. The monoisotopic (exact) mass is 219 g/mol. The molecule has 0 heterocycles. The van der Waals surface area contributed by atoms with Gasteiger partial charge < -0.3 is 25.4 Å². The molecule has 7 heavy (non-hydrogen) atoms. The van der Waals surface area contributed by atoms with Crippen LogP contribution >= 0.6 is 7.82 Å². The van der Waals surface area contributed by atoms with Gasteiger partial charge in [-0.15, -0.1) is 0 Å². The Balaban J connectivity index is -0.0000000800. The molecule has 0 spiro atoms.